The number of hydrogen-bond donors (Lipinski definition) is 1. The van der Waals surface area contributed by atoms with E-state index >= 15 is 0 Å². The molecule has 4 aromatic rings. The molecule has 0 aliphatic carbocycles. The van der Waals surface area contributed by atoms with Gasteiger partial charge in [-0.3, -0.25) is 0 Å². The van der Waals surface area contributed by atoms with Crippen molar-refractivity contribution in [3.8, 4) is 5.75 Å². The zero-order valence-electron chi connectivity index (χ0n) is 16.1. The molecular weight excluding hydrogens is 379 g/mol. The molecule has 0 amide bonds. The van der Waals surface area contributed by atoms with Crippen LogP contribution in [-0.2, 0) is 6.61 Å². The second kappa shape index (κ2) is 7.83. The van der Waals surface area contributed by atoms with E-state index in [1.54, 1.807) is 12.1 Å². The Balaban J connectivity index is 1.40. The molecule has 0 saturated heterocycles. The normalized spacial score (nSPS) is 15.1. The molecule has 5 nitrogen and oxygen atoms in total. The lowest BCUT2D eigenvalue weighted by atomic mass is 10.0. The summed E-state index contributed by atoms with van der Waals surface area (Å²) in [5.41, 5.74) is 3.93. The largest absolute Gasteiger partial charge is 0.489 e. The summed E-state index contributed by atoms with van der Waals surface area (Å²) in [6, 6.07) is 24.3. The Kier molecular flexibility index (Phi) is 4.73. The summed E-state index contributed by atoms with van der Waals surface area (Å²) in [6.45, 7) is 0.523. The summed E-state index contributed by atoms with van der Waals surface area (Å²) in [7, 11) is 0. The molecule has 148 valence electrons. The predicted octanol–water partition coefficient (Wildman–Crippen LogP) is 5.05. The number of benzene rings is 3. The molecule has 30 heavy (non-hydrogen) atoms. The smallest absolute Gasteiger partial charge is 0.226 e. The lowest BCUT2D eigenvalue weighted by molar-refractivity contribution is 0.306. The fourth-order valence-corrected chi connectivity index (χ4v) is 3.47. The second-order valence-electron chi connectivity index (χ2n) is 7.03. The highest BCUT2D eigenvalue weighted by Crippen LogP contribution is 2.32. The van der Waals surface area contributed by atoms with Gasteiger partial charge in [-0.05, 0) is 59.2 Å². The first kappa shape index (κ1) is 18.1. The highest BCUT2D eigenvalue weighted by molar-refractivity contribution is 5.77. The maximum atomic E-state index is 13.3. The van der Waals surface area contributed by atoms with Gasteiger partial charge in [0.1, 0.15) is 30.5 Å². The summed E-state index contributed by atoms with van der Waals surface area (Å²) in [4.78, 5) is 4.31. The number of halogens is 1. The minimum Gasteiger partial charge on any atom is -0.489 e. The van der Waals surface area contributed by atoms with Crippen LogP contribution < -0.4 is 10.1 Å². The molecule has 0 bridgehead atoms. The number of rotatable bonds is 5. The van der Waals surface area contributed by atoms with Gasteiger partial charge in [-0.25, -0.2) is 9.07 Å². The molecule has 0 fully saturated rings. The predicted molar refractivity (Wildman–Crippen MR) is 113 cm³/mol. The van der Waals surface area contributed by atoms with E-state index in [1.165, 1.54) is 18.5 Å². The molecule has 1 aromatic heterocycles. The van der Waals surface area contributed by atoms with Crippen molar-refractivity contribution in [1.29, 1.82) is 0 Å². The summed E-state index contributed by atoms with van der Waals surface area (Å²) in [5.74, 6) is 1.19. The lowest BCUT2D eigenvalue weighted by Crippen LogP contribution is -2.20. The van der Waals surface area contributed by atoms with Crippen molar-refractivity contribution in [3.05, 3.63) is 114 Å². The first-order valence-electron chi connectivity index (χ1n) is 9.67. The molecule has 5 rings (SSSR count). The standard InChI is InChI=1S/C24H19FN4O/c25-20-10-6-18(7-11-20)22-14-23(29-24(28-22)26-16-27-29)19-8-12-21(13-9-19)30-15-17-4-2-1-3-5-17/h1-14,16,23H,15H2,(H,26,27,28)/t23-/m1/s1. The Morgan fingerprint density at radius 2 is 1.70 bits per heavy atom. The third kappa shape index (κ3) is 3.67. The molecule has 0 saturated carbocycles. The molecular formula is C24H19FN4O. The van der Waals surface area contributed by atoms with Gasteiger partial charge in [-0.15, -0.1) is 0 Å². The first-order valence-corrected chi connectivity index (χ1v) is 9.67. The van der Waals surface area contributed by atoms with E-state index in [1.807, 2.05) is 59.3 Å². The van der Waals surface area contributed by atoms with Gasteiger partial charge in [0.2, 0.25) is 5.95 Å². The van der Waals surface area contributed by atoms with Crippen molar-refractivity contribution in [2.45, 2.75) is 12.6 Å². The maximum Gasteiger partial charge on any atom is 0.226 e. The van der Waals surface area contributed by atoms with E-state index in [-0.39, 0.29) is 11.9 Å². The van der Waals surface area contributed by atoms with Gasteiger partial charge in [0, 0.05) is 5.70 Å². The number of anilines is 1. The van der Waals surface area contributed by atoms with Crippen molar-refractivity contribution in [3.63, 3.8) is 0 Å². The number of fused-ring (bicyclic) bond motifs is 1. The van der Waals surface area contributed by atoms with E-state index in [0.717, 1.165) is 28.1 Å². The minimum absolute atomic E-state index is 0.132. The third-order valence-electron chi connectivity index (χ3n) is 5.03. The second-order valence-corrected chi connectivity index (χ2v) is 7.03. The van der Waals surface area contributed by atoms with Gasteiger partial charge in [0.15, 0.2) is 0 Å². The summed E-state index contributed by atoms with van der Waals surface area (Å²) in [6.07, 6.45) is 3.59. The van der Waals surface area contributed by atoms with E-state index in [4.69, 9.17) is 4.74 Å². The Labute approximate surface area is 173 Å². The maximum absolute atomic E-state index is 13.3. The number of nitrogens with zero attached hydrogens (tertiary/aromatic N) is 3. The molecule has 3 aromatic carbocycles. The fourth-order valence-electron chi connectivity index (χ4n) is 3.47. The Hall–Kier alpha value is -3.93. The van der Waals surface area contributed by atoms with Crippen LogP contribution in [0.3, 0.4) is 0 Å². The highest BCUT2D eigenvalue weighted by atomic mass is 19.1. The number of allylic oxidation sites excluding steroid dienone is 1. The van der Waals surface area contributed by atoms with Crippen LogP contribution in [0, 0.1) is 5.82 Å². The summed E-state index contributed by atoms with van der Waals surface area (Å²) >= 11 is 0. The lowest BCUT2D eigenvalue weighted by Gasteiger charge is -2.24. The van der Waals surface area contributed by atoms with Crippen LogP contribution in [-0.4, -0.2) is 14.8 Å². The number of hydrogen-bond acceptors (Lipinski definition) is 4. The van der Waals surface area contributed by atoms with Crippen molar-refractivity contribution >= 4 is 11.6 Å². The minimum atomic E-state index is -0.263. The summed E-state index contributed by atoms with van der Waals surface area (Å²) < 4.78 is 21.0. The molecule has 0 spiro atoms. The first-order chi connectivity index (χ1) is 14.8. The Morgan fingerprint density at radius 1 is 0.933 bits per heavy atom. The van der Waals surface area contributed by atoms with E-state index < -0.39 is 0 Å². The molecule has 1 atom stereocenters. The molecule has 2 heterocycles. The zero-order valence-corrected chi connectivity index (χ0v) is 16.1. The molecule has 0 radical (unpaired) electrons. The van der Waals surface area contributed by atoms with Gasteiger partial charge in [0.05, 0.1) is 0 Å². The van der Waals surface area contributed by atoms with E-state index in [9.17, 15) is 4.39 Å². The van der Waals surface area contributed by atoms with E-state index in [2.05, 4.69) is 21.5 Å². The highest BCUT2D eigenvalue weighted by Gasteiger charge is 2.23. The zero-order chi connectivity index (χ0) is 20.3. The molecule has 1 N–H and O–H groups in total. The number of ether oxygens (including phenoxy) is 1. The van der Waals surface area contributed by atoms with Crippen molar-refractivity contribution < 1.29 is 9.13 Å². The molecule has 1 aliphatic rings. The van der Waals surface area contributed by atoms with Crippen molar-refractivity contribution in [2.75, 3.05) is 5.32 Å². The van der Waals surface area contributed by atoms with Crippen LogP contribution in [0.4, 0.5) is 10.3 Å². The van der Waals surface area contributed by atoms with Crippen LogP contribution in [0.15, 0.2) is 91.3 Å². The van der Waals surface area contributed by atoms with Gasteiger partial charge >= 0.3 is 0 Å². The average Bonchev–Trinajstić information content (AvgIpc) is 3.27. The fraction of sp³-hybridized carbons (Fsp3) is 0.0833. The van der Waals surface area contributed by atoms with Crippen LogP contribution in [0.2, 0.25) is 0 Å². The number of nitrogens with one attached hydrogen (secondary N) is 1. The van der Waals surface area contributed by atoms with E-state index in [0.29, 0.717) is 12.6 Å². The third-order valence-corrected chi connectivity index (χ3v) is 5.03. The van der Waals surface area contributed by atoms with Gasteiger partial charge in [-0.1, -0.05) is 42.5 Å². The van der Waals surface area contributed by atoms with Crippen molar-refractivity contribution in [1.82, 2.24) is 14.8 Å². The molecule has 6 heteroatoms. The average molecular weight is 398 g/mol. The molecule has 1 aliphatic heterocycles. The van der Waals surface area contributed by atoms with Crippen LogP contribution >= 0.6 is 0 Å². The Morgan fingerprint density at radius 3 is 2.47 bits per heavy atom. The van der Waals surface area contributed by atoms with Crippen LogP contribution in [0.25, 0.3) is 5.70 Å². The van der Waals surface area contributed by atoms with Gasteiger partial charge < -0.3 is 10.1 Å². The number of aromatic nitrogens is 3. The quantitative estimate of drug-likeness (QED) is 0.511. The monoisotopic (exact) mass is 398 g/mol. The topological polar surface area (TPSA) is 52.0 Å². The summed E-state index contributed by atoms with van der Waals surface area (Å²) in [5, 5.41) is 7.63. The Bertz CT molecular complexity index is 1170. The van der Waals surface area contributed by atoms with Crippen molar-refractivity contribution in [2.24, 2.45) is 0 Å². The van der Waals surface area contributed by atoms with Crippen LogP contribution in [0.1, 0.15) is 22.7 Å². The molecule has 0 unspecified atom stereocenters. The van der Waals surface area contributed by atoms with Gasteiger partial charge in [0.25, 0.3) is 0 Å². The SMILES string of the molecule is Fc1ccc(C2=C[C@H](c3ccc(OCc4ccccc4)cc3)n3ncnc3N2)cc1. The van der Waals surface area contributed by atoms with Gasteiger partial charge in [-0.2, -0.15) is 10.1 Å². The van der Waals surface area contributed by atoms with Crippen LogP contribution in [0.5, 0.6) is 5.75 Å².